The van der Waals surface area contributed by atoms with Gasteiger partial charge in [0.2, 0.25) is 15.9 Å². The first-order valence-electron chi connectivity index (χ1n) is 4.41. The second-order valence-electron chi connectivity index (χ2n) is 3.97. The molecule has 15 heavy (non-hydrogen) atoms. The van der Waals surface area contributed by atoms with Crippen LogP contribution in [-0.4, -0.2) is 46.4 Å². The van der Waals surface area contributed by atoms with Gasteiger partial charge >= 0.3 is 0 Å². The van der Waals surface area contributed by atoms with Crippen LogP contribution in [0, 0.1) is 0 Å². The summed E-state index contributed by atoms with van der Waals surface area (Å²) in [6, 6.07) is 0. The second kappa shape index (κ2) is 5.43. The van der Waals surface area contributed by atoms with Crippen molar-refractivity contribution in [3.8, 4) is 0 Å². The number of hydrogen-bond acceptors (Lipinski definition) is 4. The average molecular weight is 238 g/mol. The van der Waals surface area contributed by atoms with E-state index in [1.807, 2.05) is 0 Å². The summed E-state index contributed by atoms with van der Waals surface area (Å²) in [6.45, 7) is 3.54. The molecule has 0 rings (SSSR count). The summed E-state index contributed by atoms with van der Waals surface area (Å²) in [5.41, 5.74) is -0.711. The maximum atomic E-state index is 11.0. The van der Waals surface area contributed by atoms with Crippen LogP contribution in [0.2, 0.25) is 0 Å². The van der Waals surface area contributed by atoms with Gasteiger partial charge in [0.25, 0.3) is 0 Å². The van der Waals surface area contributed by atoms with Crippen molar-refractivity contribution >= 4 is 15.9 Å². The van der Waals surface area contributed by atoms with E-state index < -0.39 is 15.6 Å². The summed E-state index contributed by atoms with van der Waals surface area (Å²) in [6.07, 6.45) is 1.08. The maximum absolute atomic E-state index is 11.0. The SMILES string of the molecule is COCC(=O)NCC(C)(C)NS(C)(=O)=O. The van der Waals surface area contributed by atoms with Crippen LogP contribution in [0.1, 0.15) is 13.8 Å². The summed E-state index contributed by atoms with van der Waals surface area (Å²) >= 11 is 0. The van der Waals surface area contributed by atoms with Gasteiger partial charge in [-0.3, -0.25) is 4.79 Å². The van der Waals surface area contributed by atoms with Crippen LogP contribution in [0.15, 0.2) is 0 Å². The Morgan fingerprint density at radius 3 is 2.33 bits per heavy atom. The highest BCUT2D eigenvalue weighted by molar-refractivity contribution is 7.88. The Hall–Kier alpha value is -0.660. The van der Waals surface area contributed by atoms with Gasteiger partial charge in [-0.1, -0.05) is 0 Å². The number of methoxy groups -OCH3 is 1. The van der Waals surface area contributed by atoms with Crippen molar-refractivity contribution in [2.45, 2.75) is 19.4 Å². The first-order chi connectivity index (χ1) is 6.66. The van der Waals surface area contributed by atoms with Gasteiger partial charge in [0.05, 0.1) is 6.26 Å². The number of rotatable bonds is 6. The van der Waals surface area contributed by atoms with Crippen LogP contribution in [-0.2, 0) is 19.6 Å². The molecular weight excluding hydrogens is 220 g/mol. The van der Waals surface area contributed by atoms with Crippen LogP contribution in [0.3, 0.4) is 0 Å². The molecule has 0 heterocycles. The molecule has 0 unspecified atom stereocenters. The van der Waals surface area contributed by atoms with Gasteiger partial charge in [0, 0.05) is 19.2 Å². The van der Waals surface area contributed by atoms with Gasteiger partial charge < -0.3 is 10.1 Å². The molecule has 0 aromatic rings. The third-order valence-corrected chi connectivity index (χ3v) is 2.39. The molecule has 0 aliphatic rings. The summed E-state index contributed by atoms with van der Waals surface area (Å²) in [4.78, 5) is 11.0. The lowest BCUT2D eigenvalue weighted by molar-refractivity contribution is -0.124. The van der Waals surface area contributed by atoms with Crippen molar-refractivity contribution in [2.75, 3.05) is 26.5 Å². The average Bonchev–Trinajstić information content (AvgIpc) is 1.97. The Kier molecular flexibility index (Phi) is 5.19. The van der Waals surface area contributed by atoms with E-state index in [1.54, 1.807) is 13.8 Å². The molecule has 0 aromatic carbocycles. The second-order valence-corrected chi connectivity index (χ2v) is 5.72. The molecule has 0 bridgehead atoms. The number of hydrogen-bond donors (Lipinski definition) is 2. The van der Waals surface area contributed by atoms with Crippen molar-refractivity contribution in [3.63, 3.8) is 0 Å². The molecule has 0 saturated carbocycles. The number of ether oxygens (including phenoxy) is 1. The van der Waals surface area contributed by atoms with Gasteiger partial charge in [-0.15, -0.1) is 0 Å². The molecule has 2 N–H and O–H groups in total. The molecule has 0 fully saturated rings. The molecule has 90 valence electrons. The van der Waals surface area contributed by atoms with Gasteiger partial charge in [-0.25, -0.2) is 13.1 Å². The Morgan fingerprint density at radius 1 is 1.40 bits per heavy atom. The molecule has 0 spiro atoms. The molecule has 0 aliphatic carbocycles. The first kappa shape index (κ1) is 14.3. The number of nitrogens with one attached hydrogen (secondary N) is 2. The van der Waals surface area contributed by atoms with E-state index in [0.717, 1.165) is 6.26 Å². The van der Waals surface area contributed by atoms with Crippen LogP contribution < -0.4 is 10.0 Å². The molecule has 0 atom stereocenters. The van der Waals surface area contributed by atoms with E-state index in [2.05, 4.69) is 14.8 Å². The zero-order valence-corrected chi connectivity index (χ0v) is 10.3. The lowest BCUT2D eigenvalue weighted by Crippen LogP contribution is -2.51. The zero-order valence-electron chi connectivity index (χ0n) is 9.46. The highest BCUT2D eigenvalue weighted by atomic mass is 32.2. The number of amides is 1. The fourth-order valence-electron chi connectivity index (χ4n) is 1.04. The van der Waals surface area contributed by atoms with Crippen LogP contribution in [0.5, 0.6) is 0 Å². The molecule has 0 radical (unpaired) electrons. The van der Waals surface area contributed by atoms with Crippen molar-refractivity contribution < 1.29 is 17.9 Å². The zero-order chi connectivity index (χ0) is 12.1. The predicted octanol–water partition coefficient (Wildman–Crippen LogP) is -0.923. The number of sulfonamides is 1. The van der Waals surface area contributed by atoms with Gasteiger partial charge in [0.1, 0.15) is 6.61 Å². The molecule has 6 nitrogen and oxygen atoms in total. The molecule has 0 aromatic heterocycles. The highest BCUT2D eigenvalue weighted by Crippen LogP contribution is 2.01. The first-order valence-corrected chi connectivity index (χ1v) is 6.30. The van der Waals surface area contributed by atoms with Gasteiger partial charge in [-0.2, -0.15) is 0 Å². The molecule has 0 saturated heterocycles. The van der Waals surface area contributed by atoms with Crippen molar-refractivity contribution in [1.82, 2.24) is 10.0 Å². The van der Waals surface area contributed by atoms with Crippen LogP contribution >= 0.6 is 0 Å². The van der Waals surface area contributed by atoms with E-state index in [-0.39, 0.29) is 19.1 Å². The van der Waals surface area contributed by atoms with E-state index in [4.69, 9.17) is 0 Å². The summed E-state index contributed by atoms with van der Waals surface area (Å²) in [5, 5.41) is 2.56. The fourth-order valence-corrected chi connectivity index (χ4v) is 2.12. The topological polar surface area (TPSA) is 84.5 Å². The highest BCUT2D eigenvalue weighted by Gasteiger charge is 2.22. The maximum Gasteiger partial charge on any atom is 0.246 e. The quantitative estimate of drug-likeness (QED) is 0.626. The molecule has 1 amide bonds. The molecule has 7 heteroatoms. The molecular formula is C8H18N2O4S. The minimum absolute atomic E-state index is 0.0328. The standard InChI is InChI=1S/C8H18N2O4S/c1-8(2,10-15(4,12)13)6-9-7(11)5-14-3/h10H,5-6H2,1-4H3,(H,9,11). The Morgan fingerprint density at radius 2 is 1.93 bits per heavy atom. The normalized spacial score (nSPS) is 12.5. The third kappa shape index (κ3) is 8.34. The lowest BCUT2D eigenvalue weighted by Gasteiger charge is -2.25. The minimum atomic E-state index is -3.27. The summed E-state index contributed by atoms with van der Waals surface area (Å²) in [5.74, 6) is -0.277. The van der Waals surface area contributed by atoms with Crippen molar-refractivity contribution in [3.05, 3.63) is 0 Å². The summed E-state index contributed by atoms with van der Waals surface area (Å²) in [7, 11) is -1.86. The largest absolute Gasteiger partial charge is 0.375 e. The van der Waals surface area contributed by atoms with E-state index in [0.29, 0.717) is 0 Å². The van der Waals surface area contributed by atoms with Gasteiger partial charge in [0.15, 0.2) is 0 Å². The fraction of sp³-hybridized carbons (Fsp3) is 0.875. The summed E-state index contributed by atoms with van der Waals surface area (Å²) < 4.78 is 29.0. The smallest absolute Gasteiger partial charge is 0.246 e. The third-order valence-electron chi connectivity index (χ3n) is 1.46. The van der Waals surface area contributed by atoms with E-state index >= 15 is 0 Å². The molecule has 0 aliphatic heterocycles. The van der Waals surface area contributed by atoms with Crippen LogP contribution in [0.25, 0.3) is 0 Å². The van der Waals surface area contributed by atoms with Crippen molar-refractivity contribution in [1.29, 1.82) is 0 Å². The monoisotopic (exact) mass is 238 g/mol. The Balaban J connectivity index is 4.10. The predicted molar refractivity (Wildman–Crippen MR) is 56.9 cm³/mol. The van der Waals surface area contributed by atoms with Crippen molar-refractivity contribution in [2.24, 2.45) is 0 Å². The van der Waals surface area contributed by atoms with E-state index in [1.165, 1.54) is 7.11 Å². The number of carbonyl (C=O) groups excluding carboxylic acids is 1. The van der Waals surface area contributed by atoms with E-state index in [9.17, 15) is 13.2 Å². The minimum Gasteiger partial charge on any atom is -0.375 e. The number of carbonyl (C=O) groups is 1. The Bertz CT molecular complexity index is 311. The van der Waals surface area contributed by atoms with Crippen LogP contribution in [0.4, 0.5) is 0 Å². The lowest BCUT2D eigenvalue weighted by atomic mass is 10.1. The van der Waals surface area contributed by atoms with Gasteiger partial charge in [-0.05, 0) is 13.8 Å². The Labute approximate surface area is 90.4 Å².